The normalized spacial score (nSPS) is 12.4. The van der Waals surface area contributed by atoms with E-state index in [1.54, 1.807) is 12.1 Å². The Hall–Kier alpha value is -1.06. The molecule has 2 rings (SSSR count). The third kappa shape index (κ3) is 4.22. The molecule has 0 unspecified atom stereocenters. The molecule has 0 saturated heterocycles. The van der Waals surface area contributed by atoms with Gasteiger partial charge in [0.15, 0.2) is 0 Å². The molecule has 0 aromatic heterocycles. The zero-order valence-corrected chi connectivity index (χ0v) is 11.8. The van der Waals surface area contributed by atoms with Crippen LogP contribution in [0.25, 0.3) is 0 Å². The summed E-state index contributed by atoms with van der Waals surface area (Å²) in [5.74, 6) is 0. The fraction of sp³-hybridized carbons (Fsp3) is 0.200. The highest BCUT2D eigenvalue weighted by atomic mass is 35.5. The van der Waals surface area contributed by atoms with Crippen LogP contribution >= 0.6 is 23.2 Å². The molecule has 2 aromatic rings. The van der Waals surface area contributed by atoms with Gasteiger partial charge in [-0.2, -0.15) is 0 Å². The van der Waals surface area contributed by atoms with Crippen molar-refractivity contribution in [2.24, 2.45) is 0 Å². The van der Waals surface area contributed by atoms with Gasteiger partial charge in [-0.05, 0) is 23.3 Å². The van der Waals surface area contributed by atoms with Crippen molar-refractivity contribution >= 4 is 23.2 Å². The maximum absolute atomic E-state index is 10.00. The Kier molecular flexibility index (Phi) is 5.23. The average Bonchev–Trinajstić information content (AvgIpc) is 2.42. The van der Waals surface area contributed by atoms with Gasteiger partial charge in [0.05, 0.1) is 6.10 Å². The van der Waals surface area contributed by atoms with Crippen molar-refractivity contribution in [1.29, 1.82) is 0 Å². The minimum absolute atomic E-state index is 0.475. The molecule has 2 nitrogen and oxygen atoms in total. The largest absolute Gasteiger partial charge is 0.387 e. The number of aliphatic hydroxyl groups is 1. The van der Waals surface area contributed by atoms with Gasteiger partial charge in [-0.15, -0.1) is 0 Å². The summed E-state index contributed by atoms with van der Waals surface area (Å²) in [6.07, 6.45) is -0.521. The Bertz CT molecular complexity index is 531. The van der Waals surface area contributed by atoms with Crippen LogP contribution in [0.4, 0.5) is 0 Å². The molecule has 0 aliphatic rings. The first kappa shape index (κ1) is 14.4. The number of aliphatic hydroxyl groups excluding tert-OH is 1. The molecule has 1 atom stereocenters. The summed E-state index contributed by atoms with van der Waals surface area (Å²) in [6, 6.07) is 15.0. The Labute approximate surface area is 123 Å². The molecule has 0 spiro atoms. The lowest BCUT2D eigenvalue weighted by atomic mass is 10.1. The summed E-state index contributed by atoms with van der Waals surface area (Å²) in [6.45, 7) is 1.07. The lowest BCUT2D eigenvalue weighted by Crippen LogP contribution is -2.21. The third-order valence-electron chi connectivity index (χ3n) is 2.85. The zero-order valence-electron chi connectivity index (χ0n) is 10.3. The van der Waals surface area contributed by atoms with E-state index in [0.29, 0.717) is 23.1 Å². The van der Waals surface area contributed by atoms with Gasteiger partial charge in [-0.1, -0.05) is 59.6 Å². The second-order valence-electron chi connectivity index (χ2n) is 4.29. The van der Waals surface area contributed by atoms with E-state index in [-0.39, 0.29) is 0 Å². The standard InChI is InChI=1S/C15H15Cl2NO/c16-13-7-6-12(14(17)8-13)9-18-10-15(19)11-4-2-1-3-5-11/h1-8,15,18-19H,9-10H2/t15-/m0/s1. The molecule has 0 heterocycles. The highest BCUT2D eigenvalue weighted by Crippen LogP contribution is 2.21. The molecule has 0 bridgehead atoms. The highest BCUT2D eigenvalue weighted by molar-refractivity contribution is 6.35. The molecular weight excluding hydrogens is 281 g/mol. The molecule has 0 aliphatic heterocycles. The molecule has 0 radical (unpaired) electrons. The van der Waals surface area contributed by atoms with Crippen LogP contribution in [0.3, 0.4) is 0 Å². The fourth-order valence-corrected chi connectivity index (χ4v) is 2.28. The van der Waals surface area contributed by atoms with Gasteiger partial charge in [0.2, 0.25) is 0 Å². The zero-order chi connectivity index (χ0) is 13.7. The molecule has 100 valence electrons. The first-order valence-corrected chi connectivity index (χ1v) is 6.80. The smallest absolute Gasteiger partial charge is 0.0914 e. The van der Waals surface area contributed by atoms with Crippen LogP contribution in [0.15, 0.2) is 48.5 Å². The van der Waals surface area contributed by atoms with Crippen LogP contribution in [-0.4, -0.2) is 11.7 Å². The maximum atomic E-state index is 10.00. The summed E-state index contributed by atoms with van der Waals surface area (Å²) in [7, 11) is 0. The topological polar surface area (TPSA) is 32.3 Å². The Balaban J connectivity index is 1.86. The van der Waals surface area contributed by atoms with E-state index in [9.17, 15) is 5.11 Å². The lowest BCUT2D eigenvalue weighted by Gasteiger charge is -2.12. The summed E-state index contributed by atoms with van der Waals surface area (Å²) < 4.78 is 0. The van der Waals surface area contributed by atoms with Crippen molar-refractivity contribution in [1.82, 2.24) is 5.32 Å². The lowest BCUT2D eigenvalue weighted by molar-refractivity contribution is 0.174. The SMILES string of the molecule is O[C@@H](CNCc1ccc(Cl)cc1Cl)c1ccccc1. The highest BCUT2D eigenvalue weighted by Gasteiger charge is 2.07. The number of hydrogen-bond donors (Lipinski definition) is 2. The summed E-state index contributed by atoms with van der Waals surface area (Å²) >= 11 is 11.9. The number of benzene rings is 2. The van der Waals surface area contributed by atoms with E-state index in [1.165, 1.54) is 0 Å². The van der Waals surface area contributed by atoms with E-state index in [2.05, 4.69) is 5.32 Å². The molecule has 2 aromatic carbocycles. The van der Waals surface area contributed by atoms with E-state index < -0.39 is 6.10 Å². The summed E-state index contributed by atoms with van der Waals surface area (Å²) in [5, 5.41) is 14.4. The van der Waals surface area contributed by atoms with Gasteiger partial charge >= 0.3 is 0 Å². The first-order chi connectivity index (χ1) is 9.16. The maximum Gasteiger partial charge on any atom is 0.0914 e. The van der Waals surface area contributed by atoms with E-state index >= 15 is 0 Å². The van der Waals surface area contributed by atoms with Gasteiger partial charge in [0, 0.05) is 23.1 Å². The number of halogens is 2. The minimum Gasteiger partial charge on any atom is -0.387 e. The molecule has 0 aliphatic carbocycles. The number of nitrogens with one attached hydrogen (secondary N) is 1. The van der Waals surface area contributed by atoms with E-state index in [0.717, 1.165) is 11.1 Å². The quantitative estimate of drug-likeness (QED) is 0.879. The van der Waals surface area contributed by atoms with Gasteiger partial charge in [-0.3, -0.25) is 0 Å². The van der Waals surface area contributed by atoms with E-state index in [1.807, 2.05) is 36.4 Å². The molecule has 4 heteroatoms. The van der Waals surface area contributed by atoms with Crippen LogP contribution in [0, 0.1) is 0 Å². The molecule has 19 heavy (non-hydrogen) atoms. The van der Waals surface area contributed by atoms with Crippen LogP contribution in [-0.2, 0) is 6.54 Å². The molecular formula is C15H15Cl2NO. The molecule has 0 fully saturated rings. The van der Waals surface area contributed by atoms with Crippen LogP contribution in [0.5, 0.6) is 0 Å². The monoisotopic (exact) mass is 295 g/mol. The molecule has 2 N–H and O–H groups in total. The van der Waals surface area contributed by atoms with Crippen LogP contribution in [0.1, 0.15) is 17.2 Å². The fourth-order valence-electron chi connectivity index (χ4n) is 1.80. The number of hydrogen-bond acceptors (Lipinski definition) is 2. The van der Waals surface area contributed by atoms with Crippen molar-refractivity contribution < 1.29 is 5.11 Å². The van der Waals surface area contributed by atoms with Crippen molar-refractivity contribution in [2.45, 2.75) is 12.6 Å². The van der Waals surface area contributed by atoms with Gasteiger partial charge in [0.1, 0.15) is 0 Å². The summed E-state index contributed by atoms with van der Waals surface area (Å²) in [4.78, 5) is 0. The summed E-state index contributed by atoms with van der Waals surface area (Å²) in [5.41, 5.74) is 1.86. The van der Waals surface area contributed by atoms with Crippen LogP contribution in [0.2, 0.25) is 10.0 Å². The Morgan fingerprint density at radius 2 is 1.79 bits per heavy atom. The third-order valence-corrected chi connectivity index (χ3v) is 3.44. The second-order valence-corrected chi connectivity index (χ2v) is 5.14. The predicted octanol–water partition coefficient (Wildman–Crippen LogP) is 3.82. The number of rotatable bonds is 5. The first-order valence-electron chi connectivity index (χ1n) is 6.04. The van der Waals surface area contributed by atoms with Crippen molar-refractivity contribution in [3.63, 3.8) is 0 Å². The predicted molar refractivity (Wildman–Crippen MR) is 79.6 cm³/mol. The molecule has 0 amide bonds. The van der Waals surface area contributed by atoms with Crippen LogP contribution < -0.4 is 5.32 Å². The van der Waals surface area contributed by atoms with Crippen molar-refractivity contribution in [2.75, 3.05) is 6.54 Å². The molecule has 0 saturated carbocycles. The average molecular weight is 296 g/mol. The van der Waals surface area contributed by atoms with Gasteiger partial charge < -0.3 is 10.4 Å². The Morgan fingerprint density at radius 1 is 1.05 bits per heavy atom. The van der Waals surface area contributed by atoms with Gasteiger partial charge in [-0.25, -0.2) is 0 Å². The van der Waals surface area contributed by atoms with Gasteiger partial charge in [0.25, 0.3) is 0 Å². The van der Waals surface area contributed by atoms with Crippen molar-refractivity contribution in [3.05, 3.63) is 69.7 Å². The second kappa shape index (κ2) is 6.92. The van der Waals surface area contributed by atoms with Crippen molar-refractivity contribution in [3.8, 4) is 0 Å². The van der Waals surface area contributed by atoms with E-state index in [4.69, 9.17) is 23.2 Å². The Morgan fingerprint density at radius 3 is 2.47 bits per heavy atom. The minimum atomic E-state index is -0.521.